The largest absolute Gasteiger partial charge is 0.497 e. The van der Waals surface area contributed by atoms with Crippen molar-refractivity contribution in [1.29, 1.82) is 0 Å². The van der Waals surface area contributed by atoms with Gasteiger partial charge in [0, 0.05) is 74.6 Å². The summed E-state index contributed by atoms with van der Waals surface area (Å²) in [6.45, 7) is 3.42. The lowest BCUT2D eigenvalue weighted by atomic mass is 10.1. The van der Waals surface area contributed by atoms with Gasteiger partial charge in [-0.2, -0.15) is 5.10 Å². The van der Waals surface area contributed by atoms with Crippen molar-refractivity contribution in [2.75, 3.05) is 45.3 Å². The normalized spacial score (nSPS) is 14.8. The second-order valence-electron chi connectivity index (χ2n) is 9.13. The van der Waals surface area contributed by atoms with Crippen LogP contribution in [0.25, 0.3) is 22.3 Å². The molecule has 2 aromatic carbocycles. The Bertz CT molecular complexity index is 1310. The fraction of sp³-hybridized carbons (Fsp3) is 0.370. The monoisotopic (exact) mass is 488 g/mol. The summed E-state index contributed by atoms with van der Waals surface area (Å²) < 4.78 is 12.9. The Labute approximate surface area is 210 Å². The number of aliphatic hydroxyl groups is 1. The van der Waals surface area contributed by atoms with Crippen LogP contribution in [-0.4, -0.2) is 76.3 Å². The number of hydrogen-bond donors (Lipinski definition) is 1. The van der Waals surface area contributed by atoms with Gasteiger partial charge in [0.15, 0.2) is 0 Å². The zero-order valence-corrected chi connectivity index (χ0v) is 21.0. The molecule has 0 atom stereocenters. The number of aryl methyl sites for hydroxylation is 1. The number of piperidine rings is 1. The van der Waals surface area contributed by atoms with E-state index in [0.717, 1.165) is 84.2 Å². The standard InChI is InChI=1S/C27H32N6O3/c1-31-18-19(16-29-31)27-17-28-25-5-4-20(14-26(25)30-27)33(11-10-32-8-6-22(34)7-9-32)21-12-23(35-2)15-24(13-21)36-3/h4-5,12-18,22,34H,6-11H2,1-3H3. The van der Waals surface area contributed by atoms with Crippen LogP contribution in [0.1, 0.15) is 12.8 Å². The lowest BCUT2D eigenvalue weighted by Crippen LogP contribution is -2.40. The highest BCUT2D eigenvalue weighted by atomic mass is 16.5. The fourth-order valence-electron chi connectivity index (χ4n) is 4.60. The second-order valence-corrected chi connectivity index (χ2v) is 9.13. The van der Waals surface area contributed by atoms with Crippen LogP contribution in [0, 0.1) is 0 Å². The van der Waals surface area contributed by atoms with Gasteiger partial charge in [0.1, 0.15) is 11.5 Å². The van der Waals surface area contributed by atoms with Gasteiger partial charge in [0.2, 0.25) is 0 Å². The number of anilines is 2. The average Bonchev–Trinajstić information content (AvgIpc) is 3.35. The Morgan fingerprint density at radius 3 is 2.39 bits per heavy atom. The zero-order valence-electron chi connectivity index (χ0n) is 21.0. The highest BCUT2D eigenvalue weighted by Gasteiger charge is 2.20. The minimum atomic E-state index is -0.187. The first-order valence-electron chi connectivity index (χ1n) is 12.2. The van der Waals surface area contributed by atoms with Crippen molar-refractivity contribution in [3.8, 4) is 22.8 Å². The molecule has 0 amide bonds. The number of nitrogens with zero attached hydrogens (tertiary/aromatic N) is 6. The van der Waals surface area contributed by atoms with E-state index >= 15 is 0 Å². The summed E-state index contributed by atoms with van der Waals surface area (Å²) in [5.41, 5.74) is 5.34. The van der Waals surface area contributed by atoms with Crippen molar-refractivity contribution >= 4 is 22.4 Å². The summed E-state index contributed by atoms with van der Waals surface area (Å²) in [6.07, 6.45) is 6.96. The van der Waals surface area contributed by atoms with E-state index in [1.54, 1.807) is 31.3 Å². The van der Waals surface area contributed by atoms with Crippen LogP contribution >= 0.6 is 0 Å². The van der Waals surface area contributed by atoms with E-state index in [1.807, 2.05) is 37.5 Å². The number of aromatic nitrogens is 4. The molecule has 1 aliphatic rings. The van der Waals surface area contributed by atoms with Crippen LogP contribution in [0.15, 0.2) is 55.0 Å². The smallest absolute Gasteiger partial charge is 0.124 e. The van der Waals surface area contributed by atoms with Gasteiger partial charge in [0.25, 0.3) is 0 Å². The molecule has 0 bridgehead atoms. The maximum atomic E-state index is 9.90. The van der Waals surface area contributed by atoms with Gasteiger partial charge < -0.3 is 24.4 Å². The summed E-state index contributed by atoms with van der Waals surface area (Å²) in [5.74, 6) is 1.46. The van der Waals surface area contributed by atoms with Crippen molar-refractivity contribution < 1.29 is 14.6 Å². The van der Waals surface area contributed by atoms with E-state index < -0.39 is 0 Å². The highest BCUT2D eigenvalue weighted by molar-refractivity contribution is 5.82. The second kappa shape index (κ2) is 10.5. The quantitative estimate of drug-likeness (QED) is 0.402. The van der Waals surface area contributed by atoms with Crippen LogP contribution in [0.4, 0.5) is 11.4 Å². The lowest BCUT2D eigenvalue weighted by Gasteiger charge is -2.33. The highest BCUT2D eigenvalue weighted by Crippen LogP contribution is 2.34. The zero-order chi connectivity index (χ0) is 25.1. The predicted molar refractivity (Wildman–Crippen MR) is 140 cm³/mol. The van der Waals surface area contributed by atoms with Gasteiger partial charge in [-0.25, -0.2) is 4.98 Å². The van der Waals surface area contributed by atoms with Gasteiger partial charge in [-0.3, -0.25) is 9.67 Å². The molecule has 1 aliphatic heterocycles. The van der Waals surface area contributed by atoms with Crippen molar-refractivity contribution in [1.82, 2.24) is 24.6 Å². The van der Waals surface area contributed by atoms with Crippen molar-refractivity contribution in [3.63, 3.8) is 0 Å². The minimum absolute atomic E-state index is 0.187. The molecule has 9 heteroatoms. The van der Waals surface area contributed by atoms with E-state index in [0.29, 0.717) is 0 Å². The van der Waals surface area contributed by atoms with E-state index in [2.05, 4.69) is 32.0 Å². The third-order valence-electron chi connectivity index (χ3n) is 6.68. The van der Waals surface area contributed by atoms with Crippen LogP contribution in [-0.2, 0) is 7.05 Å². The van der Waals surface area contributed by atoms with Crippen LogP contribution in [0.2, 0.25) is 0 Å². The minimum Gasteiger partial charge on any atom is -0.497 e. The lowest BCUT2D eigenvalue weighted by molar-refractivity contribution is 0.0841. The molecule has 0 saturated carbocycles. The van der Waals surface area contributed by atoms with Gasteiger partial charge in [0.05, 0.1) is 49.4 Å². The van der Waals surface area contributed by atoms with Crippen molar-refractivity contribution in [2.24, 2.45) is 7.05 Å². The molecule has 1 N–H and O–H groups in total. The summed E-state index contributed by atoms with van der Waals surface area (Å²) >= 11 is 0. The number of rotatable bonds is 8. The number of ether oxygens (including phenoxy) is 2. The topological polar surface area (TPSA) is 88.8 Å². The number of aliphatic hydroxyl groups excluding tert-OH is 1. The first kappa shape index (κ1) is 24.0. The number of methoxy groups -OCH3 is 2. The van der Waals surface area contributed by atoms with E-state index in [-0.39, 0.29) is 6.10 Å². The average molecular weight is 489 g/mol. The molecule has 2 aromatic heterocycles. The molecule has 1 fully saturated rings. The summed E-state index contributed by atoms with van der Waals surface area (Å²) in [7, 11) is 5.21. The molecule has 36 heavy (non-hydrogen) atoms. The Balaban J connectivity index is 1.51. The fourth-order valence-corrected chi connectivity index (χ4v) is 4.60. The molecular formula is C27H32N6O3. The predicted octanol–water partition coefficient (Wildman–Crippen LogP) is 3.64. The number of likely N-dealkylation sites (tertiary alicyclic amines) is 1. The van der Waals surface area contributed by atoms with Gasteiger partial charge >= 0.3 is 0 Å². The first-order chi connectivity index (χ1) is 17.5. The molecule has 9 nitrogen and oxygen atoms in total. The van der Waals surface area contributed by atoms with Crippen LogP contribution < -0.4 is 14.4 Å². The molecule has 0 aliphatic carbocycles. The molecule has 1 saturated heterocycles. The maximum absolute atomic E-state index is 9.90. The number of hydrogen-bond acceptors (Lipinski definition) is 8. The van der Waals surface area contributed by atoms with E-state index in [1.165, 1.54) is 0 Å². The molecule has 0 radical (unpaired) electrons. The first-order valence-corrected chi connectivity index (χ1v) is 12.2. The van der Waals surface area contributed by atoms with Crippen molar-refractivity contribution in [3.05, 3.63) is 55.0 Å². The Hall–Kier alpha value is -3.69. The van der Waals surface area contributed by atoms with Crippen LogP contribution in [0.5, 0.6) is 11.5 Å². The molecule has 0 spiro atoms. The summed E-state index contributed by atoms with van der Waals surface area (Å²) in [4.78, 5) is 14.2. The van der Waals surface area contributed by atoms with Gasteiger partial charge in [-0.1, -0.05) is 0 Å². The Morgan fingerprint density at radius 1 is 0.972 bits per heavy atom. The van der Waals surface area contributed by atoms with Crippen LogP contribution in [0.3, 0.4) is 0 Å². The SMILES string of the molecule is COc1cc(OC)cc(N(CCN2CCC(O)CC2)c2ccc3ncc(-c4cnn(C)c4)nc3c2)c1. The van der Waals surface area contributed by atoms with Crippen molar-refractivity contribution in [2.45, 2.75) is 18.9 Å². The summed E-state index contributed by atoms with van der Waals surface area (Å²) in [6, 6.07) is 12.1. The van der Waals surface area contributed by atoms with Gasteiger partial charge in [-0.05, 0) is 31.0 Å². The maximum Gasteiger partial charge on any atom is 0.124 e. The number of benzene rings is 2. The molecule has 0 unspecified atom stereocenters. The summed E-state index contributed by atoms with van der Waals surface area (Å²) in [5, 5.41) is 14.2. The van der Waals surface area contributed by atoms with E-state index in [9.17, 15) is 5.11 Å². The van der Waals surface area contributed by atoms with Gasteiger partial charge in [-0.15, -0.1) is 0 Å². The third kappa shape index (κ3) is 5.27. The molecule has 5 rings (SSSR count). The molecule has 4 aromatic rings. The molecule has 3 heterocycles. The Kier molecular flexibility index (Phi) is 7.02. The third-order valence-corrected chi connectivity index (χ3v) is 6.68. The number of fused-ring (bicyclic) bond motifs is 1. The Morgan fingerprint density at radius 2 is 1.72 bits per heavy atom. The van der Waals surface area contributed by atoms with E-state index in [4.69, 9.17) is 14.5 Å². The molecule has 188 valence electrons. The molecular weight excluding hydrogens is 456 g/mol.